The summed E-state index contributed by atoms with van der Waals surface area (Å²) in [5.41, 5.74) is 3.36. The number of nitrogens with one attached hydrogen (secondary N) is 1. The number of amides is 1. The summed E-state index contributed by atoms with van der Waals surface area (Å²) in [6.07, 6.45) is 1.67. The number of imidazole rings is 1. The van der Waals surface area contributed by atoms with Crippen LogP contribution < -0.4 is 10.1 Å². The number of aromatic nitrogens is 2. The molecule has 3 aromatic rings. The first-order valence-corrected chi connectivity index (χ1v) is 12.3. The van der Waals surface area contributed by atoms with Crippen LogP contribution in [0.2, 0.25) is 0 Å². The number of likely N-dealkylation sites (N-methyl/N-ethyl adjacent to an activating group) is 1. The van der Waals surface area contributed by atoms with Gasteiger partial charge in [-0.2, -0.15) is 0 Å². The summed E-state index contributed by atoms with van der Waals surface area (Å²) in [6.45, 7) is 6.84. The first-order valence-electron chi connectivity index (χ1n) is 12.3. The largest absolute Gasteiger partial charge is 0.573 e. The van der Waals surface area contributed by atoms with Gasteiger partial charge in [0.25, 0.3) is 0 Å². The van der Waals surface area contributed by atoms with Crippen molar-refractivity contribution >= 4 is 34.7 Å². The Labute approximate surface area is 215 Å². The van der Waals surface area contributed by atoms with Gasteiger partial charge in [-0.15, -0.1) is 13.2 Å². The second-order valence-electron chi connectivity index (χ2n) is 10.9. The maximum absolute atomic E-state index is 12.6. The van der Waals surface area contributed by atoms with E-state index in [1.54, 1.807) is 32.3 Å². The molecular weight excluding hydrogens is 481 g/mol. The zero-order chi connectivity index (χ0) is 27.0. The van der Waals surface area contributed by atoms with Crippen LogP contribution in [0, 0.1) is 11.3 Å². The van der Waals surface area contributed by atoms with Crippen molar-refractivity contribution in [1.29, 1.82) is 0 Å². The zero-order valence-corrected chi connectivity index (χ0v) is 21.8. The molecule has 0 aliphatic heterocycles. The summed E-state index contributed by atoms with van der Waals surface area (Å²) in [7, 11) is 3.40. The van der Waals surface area contributed by atoms with Crippen LogP contribution in [0.4, 0.5) is 24.8 Å². The van der Waals surface area contributed by atoms with Crippen molar-refractivity contribution in [2.24, 2.45) is 11.3 Å². The van der Waals surface area contributed by atoms with E-state index >= 15 is 0 Å². The lowest BCUT2D eigenvalue weighted by atomic mass is 9.70. The standard InChI is InChI=1S/C28H33F3N4O2/c1-18-14-21(17-27(2,3)16-18)35-24-12-6-19(7-13-25(36)34(4)5)15-23(24)33-26(35)32-20-8-10-22(11-9-20)37-28(29,30)31/h6-13,15,18,21H,14,16-17H2,1-5H3,(H,32,33)/b13-7+/t18-,21?/m0/s1. The molecule has 4 rings (SSSR count). The number of rotatable bonds is 6. The van der Waals surface area contributed by atoms with Gasteiger partial charge in [0.2, 0.25) is 11.9 Å². The minimum atomic E-state index is -4.74. The molecule has 1 amide bonds. The minimum absolute atomic E-state index is 0.107. The van der Waals surface area contributed by atoms with Crippen molar-refractivity contribution in [3.05, 3.63) is 54.1 Å². The number of halogens is 3. The molecule has 1 aliphatic carbocycles. The van der Waals surface area contributed by atoms with Crippen LogP contribution in [0.1, 0.15) is 51.6 Å². The third-order valence-electron chi connectivity index (χ3n) is 6.65. The van der Waals surface area contributed by atoms with E-state index < -0.39 is 6.36 Å². The zero-order valence-electron chi connectivity index (χ0n) is 21.8. The van der Waals surface area contributed by atoms with Gasteiger partial charge < -0.3 is 19.5 Å². The van der Waals surface area contributed by atoms with E-state index in [1.165, 1.54) is 23.1 Å². The number of hydrogen-bond acceptors (Lipinski definition) is 4. The molecule has 1 N–H and O–H groups in total. The quantitative estimate of drug-likeness (QED) is 0.355. The molecule has 198 valence electrons. The molecule has 2 atom stereocenters. The lowest BCUT2D eigenvalue weighted by Gasteiger charge is -2.40. The van der Waals surface area contributed by atoms with Crippen molar-refractivity contribution < 1.29 is 22.7 Å². The predicted octanol–water partition coefficient (Wildman–Crippen LogP) is 7.17. The average molecular weight is 515 g/mol. The van der Waals surface area contributed by atoms with Crippen molar-refractivity contribution in [3.8, 4) is 5.75 Å². The number of carbonyl (C=O) groups excluding carboxylic acids is 1. The van der Waals surface area contributed by atoms with Gasteiger partial charge in [-0.1, -0.05) is 26.8 Å². The number of benzene rings is 2. The Morgan fingerprint density at radius 1 is 1.16 bits per heavy atom. The molecule has 0 bridgehead atoms. The molecule has 1 heterocycles. The number of carbonyl (C=O) groups is 1. The van der Waals surface area contributed by atoms with Crippen molar-refractivity contribution in [3.63, 3.8) is 0 Å². The summed E-state index contributed by atoms with van der Waals surface area (Å²) in [5, 5.41) is 3.31. The summed E-state index contributed by atoms with van der Waals surface area (Å²) in [5.74, 6) is 0.777. The van der Waals surface area contributed by atoms with Gasteiger partial charge >= 0.3 is 6.36 Å². The third kappa shape index (κ3) is 6.64. The topological polar surface area (TPSA) is 59.4 Å². The maximum atomic E-state index is 12.6. The summed E-state index contributed by atoms with van der Waals surface area (Å²) in [6, 6.07) is 11.8. The molecule has 37 heavy (non-hydrogen) atoms. The van der Waals surface area contributed by atoms with Gasteiger partial charge in [0.1, 0.15) is 5.75 Å². The number of nitrogens with zero attached hydrogens (tertiary/aromatic N) is 3. The van der Waals surface area contributed by atoms with Gasteiger partial charge in [0.05, 0.1) is 11.0 Å². The number of fused-ring (bicyclic) bond motifs is 1. The highest BCUT2D eigenvalue weighted by atomic mass is 19.4. The Kier molecular flexibility index (Phi) is 7.26. The lowest BCUT2D eigenvalue weighted by molar-refractivity contribution is -0.274. The predicted molar refractivity (Wildman–Crippen MR) is 140 cm³/mol. The second-order valence-corrected chi connectivity index (χ2v) is 10.9. The molecule has 0 spiro atoms. The highest BCUT2D eigenvalue weighted by Crippen LogP contribution is 2.46. The van der Waals surface area contributed by atoms with Crippen molar-refractivity contribution in [1.82, 2.24) is 14.5 Å². The summed E-state index contributed by atoms with van der Waals surface area (Å²) >= 11 is 0. The van der Waals surface area contributed by atoms with E-state index in [2.05, 4.69) is 35.4 Å². The number of hydrogen-bond donors (Lipinski definition) is 1. The van der Waals surface area contributed by atoms with E-state index in [0.717, 1.165) is 35.9 Å². The summed E-state index contributed by atoms with van der Waals surface area (Å²) in [4.78, 5) is 18.4. The number of alkyl halides is 3. The fourth-order valence-electron chi connectivity index (χ4n) is 5.36. The van der Waals surface area contributed by atoms with Gasteiger partial charge in [-0.25, -0.2) is 4.98 Å². The molecular formula is C28H33F3N4O2. The van der Waals surface area contributed by atoms with Crippen molar-refractivity contribution in [2.75, 3.05) is 19.4 Å². The molecule has 6 nitrogen and oxygen atoms in total. The molecule has 1 aromatic heterocycles. The van der Waals surface area contributed by atoms with Crippen LogP contribution in [-0.2, 0) is 4.79 Å². The molecule has 9 heteroatoms. The number of ether oxygens (including phenoxy) is 1. The van der Waals surface area contributed by atoms with E-state index in [1.807, 2.05) is 18.2 Å². The van der Waals surface area contributed by atoms with Gasteiger partial charge in [-0.05, 0) is 78.6 Å². The normalized spacial score (nSPS) is 19.8. The molecule has 1 saturated carbocycles. The fraction of sp³-hybridized carbons (Fsp3) is 0.429. The maximum Gasteiger partial charge on any atom is 0.573 e. The van der Waals surface area contributed by atoms with Gasteiger partial charge in [0, 0.05) is 31.9 Å². The van der Waals surface area contributed by atoms with Crippen molar-refractivity contribution in [2.45, 2.75) is 52.4 Å². The average Bonchev–Trinajstić information content (AvgIpc) is 3.13. The fourth-order valence-corrected chi connectivity index (χ4v) is 5.36. The SMILES string of the molecule is C[C@H]1CC(n2c(Nc3ccc(OC(F)(F)F)cc3)nc3cc(/C=C/C(=O)N(C)C)ccc32)CC(C)(C)C1. The van der Waals surface area contributed by atoms with Crippen LogP contribution in [-0.4, -0.2) is 40.8 Å². The first kappa shape index (κ1) is 26.6. The first-order chi connectivity index (χ1) is 17.3. The Bertz CT molecular complexity index is 1290. The Morgan fingerprint density at radius 2 is 1.86 bits per heavy atom. The Balaban J connectivity index is 1.71. The number of anilines is 2. The highest BCUT2D eigenvalue weighted by Gasteiger charge is 2.35. The second kappa shape index (κ2) is 10.1. The van der Waals surface area contributed by atoms with E-state index in [4.69, 9.17) is 4.98 Å². The Morgan fingerprint density at radius 3 is 2.49 bits per heavy atom. The van der Waals surface area contributed by atoms with E-state index in [9.17, 15) is 18.0 Å². The minimum Gasteiger partial charge on any atom is -0.406 e. The third-order valence-corrected chi connectivity index (χ3v) is 6.65. The van der Waals surface area contributed by atoms with Gasteiger partial charge in [0.15, 0.2) is 0 Å². The molecule has 0 saturated heterocycles. The van der Waals surface area contributed by atoms with Crippen LogP contribution in [0.3, 0.4) is 0 Å². The van der Waals surface area contributed by atoms with Gasteiger partial charge in [-0.3, -0.25) is 4.79 Å². The monoisotopic (exact) mass is 514 g/mol. The molecule has 2 aromatic carbocycles. The van der Waals surface area contributed by atoms with E-state index in [0.29, 0.717) is 17.6 Å². The Hall–Kier alpha value is -3.49. The smallest absolute Gasteiger partial charge is 0.406 e. The van der Waals surface area contributed by atoms with E-state index in [-0.39, 0.29) is 23.1 Å². The van der Waals surface area contributed by atoms with Crippen LogP contribution in [0.5, 0.6) is 5.75 Å². The van der Waals surface area contributed by atoms with Crippen LogP contribution in [0.15, 0.2) is 48.5 Å². The highest BCUT2D eigenvalue weighted by molar-refractivity contribution is 5.92. The summed E-state index contributed by atoms with van der Waals surface area (Å²) < 4.78 is 43.9. The van der Waals surface area contributed by atoms with Crippen LogP contribution in [0.25, 0.3) is 17.1 Å². The lowest BCUT2D eigenvalue weighted by Crippen LogP contribution is -2.29. The molecule has 1 unspecified atom stereocenters. The van der Waals surface area contributed by atoms with Crippen LogP contribution >= 0.6 is 0 Å². The molecule has 0 radical (unpaired) electrons. The molecule has 1 fully saturated rings. The molecule has 1 aliphatic rings.